The van der Waals surface area contributed by atoms with E-state index >= 15 is 0 Å². The third kappa shape index (κ3) is 4.35. The van der Waals surface area contributed by atoms with Crippen LogP contribution in [0.25, 0.3) is 11.8 Å². The number of nitrogens with one attached hydrogen (secondary N) is 1. The van der Waals surface area contributed by atoms with E-state index in [-0.39, 0.29) is 5.91 Å². The Balaban J connectivity index is 1.62. The minimum absolute atomic E-state index is 0.176. The lowest BCUT2D eigenvalue weighted by atomic mass is 10.2. The second-order valence-electron chi connectivity index (χ2n) is 5.82. The average molecular weight is 332 g/mol. The van der Waals surface area contributed by atoms with E-state index in [4.69, 9.17) is 0 Å². The maximum atomic E-state index is 12.0. The molecule has 1 N–H and O–H groups in total. The monoisotopic (exact) mass is 332 g/mol. The molecule has 0 atom stereocenters. The fraction of sp³-hybridized carbons (Fsp3) is 0.100. The van der Waals surface area contributed by atoms with Crippen LogP contribution in [-0.2, 0) is 4.79 Å². The van der Waals surface area contributed by atoms with Crippen LogP contribution >= 0.6 is 0 Å². The molecular formula is C20H20N4O. The van der Waals surface area contributed by atoms with Crippen molar-refractivity contribution < 1.29 is 4.79 Å². The summed E-state index contributed by atoms with van der Waals surface area (Å²) in [6.45, 7) is 0. The SMILES string of the molecule is CN(C)c1ccc(NC(=O)/C=C/c2cnn(-c3ccccc3)c2)cc1. The highest BCUT2D eigenvalue weighted by Crippen LogP contribution is 2.15. The zero-order valence-corrected chi connectivity index (χ0v) is 14.3. The quantitative estimate of drug-likeness (QED) is 0.727. The Bertz CT molecular complexity index is 864. The zero-order chi connectivity index (χ0) is 17.6. The summed E-state index contributed by atoms with van der Waals surface area (Å²) in [5.41, 5.74) is 3.69. The Morgan fingerprint density at radius 1 is 1.08 bits per heavy atom. The third-order valence-corrected chi connectivity index (χ3v) is 3.70. The fourth-order valence-corrected chi connectivity index (χ4v) is 2.34. The molecule has 0 aliphatic heterocycles. The van der Waals surface area contributed by atoms with Crippen LogP contribution in [0.15, 0.2) is 73.1 Å². The summed E-state index contributed by atoms with van der Waals surface area (Å²) in [7, 11) is 3.96. The van der Waals surface area contributed by atoms with Crippen molar-refractivity contribution in [3.63, 3.8) is 0 Å². The summed E-state index contributed by atoms with van der Waals surface area (Å²) in [5.74, 6) is -0.176. The highest BCUT2D eigenvalue weighted by Gasteiger charge is 2.01. The van der Waals surface area contributed by atoms with E-state index in [1.54, 1.807) is 17.0 Å². The van der Waals surface area contributed by atoms with E-state index in [0.717, 1.165) is 22.6 Å². The first-order valence-electron chi connectivity index (χ1n) is 7.98. The van der Waals surface area contributed by atoms with Crippen molar-refractivity contribution in [3.8, 4) is 5.69 Å². The number of hydrogen-bond acceptors (Lipinski definition) is 3. The van der Waals surface area contributed by atoms with Crippen molar-refractivity contribution in [2.24, 2.45) is 0 Å². The minimum atomic E-state index is -0.176. The van der Waals surface area contributed by atoms with Crippen LogP contribution < -0.4 is 10.2 Å². The van der Waals surface area contributed by atoms with Gasteiger partial charge in [0.15, 0.2) is 0 Å². The third-order valence-electron chi connectivity index (χ3n) is 3.70. The first kappa shape index (κ1) is 16.5. The number of amides is 1. The number of nitrogens with zero attached hydrogens (tertiary/aromatic N) is 3. The predicted octanol–water partition coefficient (Wildman–Crippen LogP) is 3.59. The summed E-state index contributed by atoms with van der Waals surface area (Å²) in [6.07, 6.45) is 6.86. The topological polar surface area (TPSA) is 50.2 Å². The maximum absolute atomic E-state index is 12.0. The Hall–Kier alpha value is -3.34. The molecule has 1 amide bonds. The molecule has 25 heavy (non-hydrogen) atoms. The van der Waals surface area contributed by atoms with E-state index in [0.29, 0.717) is 0 Å². The first-order chi connectivity index (χ1) is 12.1. The molecule has 5 heteroatoms. The Morgan fingerprint density at radius 3 is 2.48 bits per heavy atom. The molecule has 5 nitrogen and oxygen atoms in total. The summed E-state index contributed by atoms with van der Waals surface area (Å²) < 4.78 is 1.78. The van der Waals surface area contributed by atoms with Gasteiger partial charge in [-0.15, -0.1) is 0 Å². The molecule has 0 aliphatic rings. The standard InChI is InChI=1S/C20H20N4O/c1-23(2)18-11-9-17(10-12-18)22-20(25)13-8-16-14-21-24(15-16)19-6-4-3-5-7-19/h3-15H,1-2H3,(H,22,25)/b13-8+. The highest BCUT2D eigenvalue weighted by molar-refractivity contribution is 6.01. The summed E-state index contributed by atoms with van der Waals surface area (Å²) in [4.78, 5) is 14.1. The molecule has 1 heterocycles. The van der Waals surface area contributed by atoms with E-state index in [2.05, 4.69) is 10.4 Å². The highest BCUT2D eigenvalue weighted by atomic mass is 16.1. The molecule has 3 aromatic rings. The molecule has 0 aliphatic carbocycles. The largest absolute Gasteiger partial charge is 0.378 e. The van der Waals surface area contributed by atoms with Gasteiger partial charge in [-0.3, -0.25) is 4.79 Å². The van der Waals surface area contributed by atoms with Gasteiger partial charge in [0, 0.05) is 43.3 Å². The number of aromatic nitrogens is 2. The van der Waals surface area contributed by atoms with Gasteiger partial charge in [0.05, 0.1) is 11.9 Å². The molecule has 0 radical (unpaired) electrons. The van der Waals surface area contributed by atoms with Gasteiger partial charge in [-0.1, -0.05) is 18.2 Å². The van der Waals surface area contributed by atoms with Gasteiger partial charge in [0.1, 0.15) is 0 Å². The number of benzene rings is 2. The Kier molecular flexibility index (Phi) is 4.95. The van der Waals surface area contributed by atoms with Crippen LogP contribution in [0.5, 0.6) is 0 Å². The van der Waals surface area contributed by atoms with Crippen molar-refractivity contribution in [2.45, 2.75) is 0 Å². The van der Waals surface area contributed by atoms with Gasteiger partial charge in [0.2, 0.25) is 5.91 Å². The van der Waals surface area contributed by atoms with Crippen LogP contribution in [0.4, 0.5) is 11.4 Å². The van der Waals surface area contributed by atoms with Crippen molar-refractivity contribution in [1.82, 2.24) is 9.78 Å². The van der Waals surface area contributed by atoms with Crippen LogP contribution in [0.3, 0.4) is 0 Å². The van der Waals surface area contributed by atoms with E-state index in [1.165, 1.54) is 6.08 Å². The van der Waals surface area contributed by atoms with Crippen LogP contribution in [0.2, 0.25) is 0 Å². The summed E-state index contributed by atoms with van der Waals surface area (Å²) in [5, 5.41) is 7.15. The van der Waals surface area contributed by atoms with Gasteiger partial charge in [-0.2, -0.15) is 5.10 Å². The van der Waals surface area contributed by atoms with Crippen molar-refractivity contribution in [2.75, 3.05) is 24.3 Å². The molecule has 126 valence electrons. The lowest BCUT2D eigenvalue weighted by Gasteiger charge is -2.12. The molecule has 3 rings (SSSR count). The maximum Gasteiger partial charge on any atom is 0.248 e. The van der Waals surface area contributed by atoms with Crippen molar-refractivity contribution >= 4 is 23.4 Å². The minimum Gasteiger partial charge on any atom is -0.378 e. The number of carbonyl (C=O) groups is 1. The van der Waals surface area contributed by atoms with Gasteiger partial charge in [-0.05, 0) is 42.5 Å². The number of hydrogen-bond donors (Lipinski definition) is 1. The lowest BCUT2D eigenvalue weighted by Crippen LogP contribution is -2.10. The van der Waals surface area contributed by atoms with E-state index < -0.39 is 0 Å². The molecule has 0 saturated heterocycles. The average Bonchev–Trinajstić information content (AvgIpc) is 3.10. The Morgan fingerprint density at radius 2 is 1.80 bits per heavy atom. The fourth-order valence-electron chi connectivity index (χ4n) is 2.34. The molecule has 2 aromatic carbocycles. The second-order valence-corrected chi connectivity index (χ2v) is 5.82. The molecule has 0 unspecified atom stereocenters. The van der Waals surface area contributed by atoms with Crippen LogP contribution in [0.1, 0.15) is 5.56 Å². The summed E-state index contributed by atoms with van der Waals surface area (Å²) >= 11 is 0. The number of rotatable bonds is 5. The van der Waals surface area contributed by atoms with E-state index in [9.17, 15) is 4.79 Å². The molecule has 0 saturated carbocycles. The molecule has 1 aromatic heterocycles. The van der Waals surface area contributed by atoms with Crippen molar-refractivity contribution in [3.05, 3.63) is 78.6 Å². The second kappa shape index (κ2) is 7.49. The van der Waals surface area contributed by atoms with Crippen LogP contribution in [-0.4, -0.2) is 29.8 Å². The zero-order valence-electron chi connectivity index (χ0n) is 14.3. The van der Waals surface area contributed by atoms with Crippen LogP contribution in [0, 0.1) is 0 Å². The first-order valence-corrected chi connectivity index (χ1v) is 7.98. The smallest absolute Gasteiger partial charge is 0.248 e. The van der Waals surface area contributed by atoms with Gasteiger partial charge in [-0.25, -0.2) is 4.68 Å². The van der Waals surface area contributed by atoms with Gasteiger partial charge < -0.3 is 10.2 Å². The number of para-hydroxylation sites is 1. The van der Waals surface area contributed by atoms with Gasteiger partial charge in [0.25, 0.3) is 0 Å². The molecule has 0 spiro atoms. The molecule has 0 bridgehead atoms. The van der Waals surface area contributed by atoms with E-state index in [1.807, 2.05) is 79.8 Å². The predicted molar refractivity (Wildman–Crippen MR) is 102 cm³/mol. The summed E-state index contributed by atoms with van der Waals surface area (Å²) in [6, 6.07) is 17.5. The van der Waals surface area contributed by atoms with Gasteiger partial charge >= 0.3 is 0 Å². The Labute approximate surface area is 147 Å². The normalized spacial score (nSPS) is 10.8. The molecular weight excluding hydrogens is 312 g/mol. The number of carbonyl (C=O) groups excluding carboxylic acids is 1. The number of anilines is 2. The van der Waals surface area contributed by atoms with Crippen molar-refractivity contribution in [1.29, 1.82) is 0 Å². The molecule has 0 fully saturated rings. The lowest BCUT2D eigenvalue weighted by molar-refractivity contribution is -0.111.